The summed E-state index contributed by atoms with van der Waals surface area (Å²) in [7, 11) is 0. The molecule has 0 aliphatic carbocycles. The van der Waals surface area contributed by atoms with Crippen LogP contribution in [0, 0.1) is 12.3 Å². The fourth-order valence-corrected chi connectivity index (χ4v) is 0.936. The van der Waals surface area contributed by atoms with E-state index in [0.717, 1.165) is 19.5 Å². The van der Waals surface area contributed by atoms with Crippen LogP contribution in [0.4, 0.5) is 0 Å². The molecule has 1 saturated heterocycles. The largest absolute Gasteiger partial charge is 0.364 e. The lowest BCUT2D eigenvalue weighted by Crippen LogP contribution is -2.16. The Morgan fingerprint density at radius 3 is 3.00 bits per heavy atom. The standard InChI is InChI=1S/C7H11NO.ClH/c1-2-5-9-7-3-4-8-6-7;/h1,7-8H,3-6H2;1H/t7-;/m1./s1. The SMILES string of the molecule is C#CCO[C@@H]1CCNC1.Cl. The topological polar surface area (TPSA) is 21.3 Å². The molecule has 2 nitrogen and oxygen atoms in total. The average Bonchev–Trinajstić information content (AvgIpc) is 2.34. The molecule has 0 saturated carbocycles. The first-order chi connectivity index (χ1) is 4.43. The van der Waals surface area contributed by atoms with Gasteiger partial charge in [0.25, 0.3) is 0 Å². The number of hydrogen-bond donors (Lipinski definition) is 1. The molecule has 1 atom stereocenters. The second-order valence-corrected chi connectivity index (χ2v) is 2.13. The van der Waals surface area contributed by atoms with E-state index < -0.39 is 0 Å². The molecule has 1 aliphatic heterocycles. The lowest BCUT2D eigenvalue weighted by Gasteiger charge is -2.05. The van der Waals surface area contributed by atoms with Gasteiger partial charge in [-0.05, 0) is 13.0 Å². The molecule has 1 N–H and O–H groups in total. The molecule has 0 aromatic heterocycles. The van der Waals surface area contributed by atoms with E-state index >= 15 is 0 Å². The zero-order valence-corrected chi connectivity index (χ0v) is 6.62. The van der Waals surface area contributed by atoms with Gasteiger partial charge in [0.1, 0.15) is 6.61 Å². The first kappa shape index (κ1) is 9.77. The normalized spacial score (nSPS) is 23.3. The third-order valence-electron chi connectivity index (χ3n) is 1.42. The van der Waals surface area contributed by atoms with Crippen molar-refractivity contribution in [3.8, 4) is 12.3 Å². The summed E-state index contributed by atoms with van der Waals surface area (Å²) in [6.07, 6.45) is 6.47. The summed E-state index contributed by atoms with van der Waals surface area (Å²) in [5, 5.41) is 3.19. The van der Waals surface area contributed by atoms with E-state index in [1.807, 2.05) is 0 Å². The first-order valence-corrected chi connectivity index (χ1v) is 3.19. The molecule has 1 aliphatic rings. The van der Waals surface area contributed by atoms with Gasteiger partial charge >= 0.3 is 0 Å². The van der Waals surface area contributed by atoms with Crippen LogP contribution in [0.5, 0.6) is 0 Å². The molecule has 0 aromatic carbocycles. The molecule has 0 spiro atoms. The van der Waals surface area contributed by atoms with Crippen molar-refractivity contribution in [2.24, 2.45) is 0 Å². The van der Waals surface area contributed by atoms with Gasteiger partial charge in [-0.25, -0.2) is 0 Å². The van der Waals surface area contributed by atoms with Gasteiger partial charge in [0.15, 0.2) is 0 Å². The molecular weight excluding hydrogens is 150 g/mol. The van der Waals surface area contributed by atoms with Crippen molar-refractivity contribution in [3.63, 3.8) is 0 Å². The Balaban J connectivity index is 0.000000810. The number of halogens is 1. The van der Waals surface area contributed by atoms with Crippen LogP contribution in [-0.4, -0.2) is 25.8 Å². The molecule has 0 radical (unpaired) electrons. The van der Waals surface area contributed by atoms with E-state index in [1.54, 1.807) is 0 Å². The molecule has 1 rings (SSSR count). The van der Waals surface area contributed by atoms with Crippen LogP contribution in [0.15, 0.2) is 0 Å². The maximum atomic E-state index is 5.25. The van der Waals surface area contributed by atoms with Gasteiger partial charge in [0.05, 0.1) is 6.10 Å². The quantitative estimate of drug-likeness (QED) is 0.593. The molecular formula is C7H12ClNO. The summed E-state index contributed by atoms with van der Waals surface area (Å²) in [5.74, 6) is 2.44. The maximum absolute atomic E-state index is 5.25. The fraction of sp³-hybridized carbons (Fsp3) is 0.714. The van der Waals surface area contributed by atoms with Gasteiger partial charge in [-0.2, -0.15) is 0 Å². The Hall–Kier alpha value is -0.230. The fourth-order valence-electron chi connectivity index (χ4n) is 0.936. The maximum Gasteiger partial charge on any atom is 0.107 e. The molecule has 0 unspecified atom stereocenters. The molecule has 58 valence electrons. The van der Waals surface area contributed by atoms with Crippen LogP contribution in [0.1, 0.15) is 6.42 Å². The van der Waals surface area contributed by atoms with Crippen molar-refractivity contribution in [2.45, 2.75) is 12.5 Å². The summed E-state index contributed by atoms with van der Waals surface area (Å²) >= 11 is 0. The van der Waals surface area contributed by atoms with E-state index in [-0.39, 0.29) is 12.4 Å². The lowest BCUT2D eigenvalue weighted by molar-refractivity contribution is 0.0934. The minimum atomic E-state index is 0. The minimum Gasteiger partial charge on any atom is -0.364 e. The van der Waals surface area contributed by atoms with E-state index in [1.165, 1.54) is 0 Å². The Labute approximate surface area is 67.7 Å². The van der Waals surface area contributed by atoms with Crippen LogP contribution in [0.25, 0.3) is 0 Å². The number of rotatable bonds is 2. The molecule has 10 heavy (non-hydrogen) atoms. The smallest absolute Gasteiger partial charge is 0.107 e. The number of ether oxygens (including phenoxy) is 1. The Morgan fingerprint density at radius 2 is 2.50 bits per heavy atom. The zero-order valence-electron chi connectivity index (χ0n) is 5.80. The van der Waals surface area contributed by atoms with Crippen LogP contribution < -0.4 is 5.32 Å². The average molecular weight is 162 g/mol. The highest BCUT2D eigenvalue weighted by atomic mass is 35.5. The summed E-state index contributed by atoms with van der Waals surface area (Å²) in [4.78, 5) is 0. The molecule has 0 bridgehead atoms. The molecule has 1 fully saturated rings. The molecule has 1 heterocycles. The molecule has 0 aromatic rings. The molecule has 3 heteroatoms. The predicted octanol–water partition coefficient (Wildman–Crippen LogP) is 0.420. The summed E-state index contributed by atoms with van der Waals surface area (Å²) < 4.78 is 5.25. The summed E-state index contributed by atoms with van der Waals surface area (Å²) in [6, 6.07) is 0. The summed E-state index contributed by atoms with van der Waals surface area (Å²) in [6.45, 7) is 2.48. The van der Waals surface area contributed by atoms with E-state index in [4.69, 9.17) is 11.2 Å². The van der Waals surface area contributed by atoms with Crippen LogP contribution in [-0.2, 0) is 4.74 Å². The van der Waals surface area contributed by atoms with Crippen molar-refractivity contribution in [3.05, 3.63) is 0 Å². The highest BCUT2D eigenvalue weighted by molar-refractivity contribution is 5.85. The van der Waals surface area contributed by atoms with Crippen molar-refractivity contribution in [1.82, 2.24) is 5.32 Å². The first-order valence-electron chi connectivity index (χ1n) is 3.19. The minimum absolute atomic E-state index is 0. The highest BCUT2D eigenvalue weighted by Gasteiger charge is 2.13. The predicted molar refractivity (Wildman–Crippen MR) is 43.3 cm³/mol. The van der Waals surface area contributed by atoms with Gasteiger partial charge in [0.2, 0.25) is 0 Å². The summed E-state index contributed by atoms with van der Waals surface area (Å²) in [5.41, 5.74) is 0. The Morgan fingerprint density at radius 1 is 1.70 bits per heavy atom. The van der Waals surface area contributed by atoms with Gasteiger partial charge in [-0.3, -0.25) is 0 Å². The Kier molecular flexibility index (Phi) is 5.42. The van der Waals surface area contributed by atoms with E-state index in [9.17, 15) is 0 Å². The zero-order chi connectivity index (χ0) is 6.53. The second-order valence-electron chi connectivity index (χ2n) is 2.13. The highest BCUT2D eigenvalue weighted by Crippen LogP contribution is 2.01. The monoisotopic (exact) mass is 161 g/mol. The van der Waals surface area contributed by atoms with Gasteiger partial charge in [0, 0.05) is 6.54 Å². The van der Waals surface area contributed by atoms with E-state index in [2.05, 4.69) is 11.2 Å². The number of terminal acetylenes is 1. The second kappa shape index (κ2) is 5.55. The van der Waals surface area contributed by atoms with Gasteiger partial charge < -0.3 is 10.1 Å². The molecule has 0 amide bonds. The number of nitrogens with one attached hydrogen (secondary N) is 1. The van der Waals surface area contributed by atoms with Gasteiger partial charge in [-0.1, -0.05) is 5.92 Å². The van der Waals surface area contributed by atoms with Crippen LogP contribution >= 0.6 is 12.4 Å². The van der Waals surface area contributed by atoms with E-state index in [0.29, 0.717) is 12.7 Å². The van der Waals surface area contributed by atoms with Crippen LogP contribution in [0.3, 0.4) is 0 Å². The third kappa shape index (κ3) is 3.07. The van der Waals surface area contributed by atoms with Crippen molar-refractivity contribution < 1.29 is 4.74 Å². The third-order valence-corrected chi connectivity index (χ3v) is 1.42. The van der Waals surface area contributed by atoms with Crippen molar-refractivity contribution in [2.75, 3.05) is 19.7 Å². The Bertz CT molecular complexity index is 115. The van der Waals surface area contributed by atoms with Gasteiger partial charge in [-0.15, -0.1) is 18.8 Å². The van der Waals surface area contributed by atoms with Crippen molar-refractivity contribution in [1.29, 1.82) is 0 Å². The lowest BCUT2D eigenvalue weighted by atomic mass is 10.3. The van der Waals surface area contributed by atoms with Crippen molar-refractivity contribution >= 4 is 12.4 Å². The number of hydrogen-bond acceptors (Lipinski definition) is 2. The van der Waals surface area contributed by atoms with Crippen LogP contribution in [0.2, 0.25) is 0 Å².